The summed E-state index contributed by atoms with van der Waals surface area (Å²) in [4.78, 5) is 12.0. The minimum absolute atomic E-state index is 0.0103. The molecule has 1 aromatic heterocycles. The standard InChI is InChI=1S/C20H19F2N3O2S/c1-20(2,3)13-6-4-12(5-7-13)18-24-25-19(27-18)28-11-17(26)23-14-8-9-15(21)16(22)10-14/h4-10H,11H2,1-3H3,(H,23,26). The highest BCUT2D eigenvalue weighted by molar-refractivity contribution is 7.99. The van der Waals surface area contributed by atoms with Crippen LogP contribution in [0, 0.1) is 11.6 Å². The van der Waals surface area contributed by atoms with E-state index in [4.69, 9.17) is 4.42 Å². The number of thioether (sulfide) groups is 1. The average molecular weight is 403 g/mol. The lowest BCUT2D eigenvalue weighted by Gasteiger charge is -2.18. The summed E-state index contributed by atoms with van der Waals surface area (Å²) < 4.78 is 31.7. The van der Waals surface area contributed by atoms with Crippen LogP contribution in [0.4, 0.5) is 14.5 Å². The Morgan fingerprint density at radius 1 is 1.07 bits per heavy atom. The molecule has 146 valence electrons. The average Bonchev–Trinajstić information content (AvgIpc) is 3.12. The van der Waals surface area contributed by atoms with Crippen LogP contribution in [0.15, 0.2) is 52.1 Å². The molecule has 3 rings (SSSR count). The third kappa shape index (κ3) is 4.95. The van der Waals surface area contributed by atoms with Gasteiger partial charge in [0.05, 0.1) is 5.75 Å². The molecule has 0 aliphatic heterocycles. The minimum Gasteiger partial charge on any atom is -0.411 e. The summed E-state index contributed by atoms with van der Waals surface area (Å²) in [6, 6.07) is 11.0. The normalized spacial score (nSPS) is 11.5. The highest BCUT2D eigenvalue weighted by Crippen LogP contribution is 2.27. The van der Waals surface area contributed by atoms with Crippen LogP contribution in [0.25, 0.3) is 11.5 Å². The highest BCUT2D eigenvalue weighted by Gasteiger charge is 2.15. The number of benzene rings is 2. The van der Waals surface area contributed by atoms with Crippen LogP contribution >= 0.6 is 11.8 Å². The first-order valence-electron chi connectivity index (χ1n) is 8.54. The number of hydrogen-bond donors (Lipinski definition) is 1. The Bertz CT molecular complexity index is 982. The van der Waals surface area contributed by atoms with Gasteiger partial charge in [0.1, 0.15) is 0 Å². The quantitative estimate of drug-likeness (QED) is 0.604. The summed E-state index contributed by atoms with van der Waals surface area (Å²) in [5.74, 6) is -2.04. The molecular formula is C20H19F2N3O2S. The zero-order chi connectivity index (χ0) is 20.3. The molecule has 0 saturated carbocycles. The molecule has 0 aliphatic carbocycles. The van der Waals surface area contributed by atoms with E-state index in [1.807, 2.05) is 24.3 Å². The molecular weight excluding hydrogens is 384 g/mol. The lowest BCUT2D eigenvalue weighted by molar-refractivity contribution is -0.113. The van der Waals surface area contributed by atoms with Crippen molar-refractivity contribution in [1.82, 2.24) is 10.2 Å². The number of anilines is 1. The van der Waals surface area contributed by atoms with Gasteiger partial charge in [0.15, 0.2) is 11.6 Å². The molecule has 0 bridgehead atoms. The first kappa shape index (κ1) is 20.0. The molecule has 1 amide bonds. The van der Waals surface area contributed by atoms with Gasteiger partial charge < -0.3 is 9.73 Å². The van der Waals surface area contributed by atoms with Crippen molar-refractivity contribution < 1.29 is 18.0 Å². The van der Waals surface area contributed by atoms with Gasteiger partial charge >= 0.3 is 0 Å². The number of nitrogens with one attached hydrogen (secondary N) is 1. The van der Waals surface area contributed by atoms with E-state index in [2.05, 4.69) is 36.3 Å². The number of carbonyl (C=O) groups is 1. The molecule has 3 aromatic rings. The monoisotopic (exact) mass is 403 g/mol. The molecule has 8 heteroatoms. The predicted octanol–water partition coefficient (Wildman–Crippen LogP) is 5.04. The van der Waals surface area contributed by atoms with E-state index >= 15 is 0 Å². The van der Waals surface area contributed by atoms with Gasteiger partial charge in [0, 0.05) is 17.3 Å². The number of halogens is 2. The Morgan fingerprint density at radius 2 is 1.79 bits per heavy atom. The van der Waals surface area contributed by atoms with E-state index in [1.165, 1.54) is 11.6 Å². The maximum Gasteiger partial charge on any atom is 0.277 e. The number of carbonyl (C=O) groups excluding carboxylic acids is 1. The highest BCUT2D eigenvalue weighted by atomic mass is 32.2. The van der Waals surface area contributed by atoms with Crippen LogP contribution in [-0.2, 0) is 10.2 Å². The Morgan fingerprint density at radius 3 is 2.43 bits per heavy atom. The van der Waals surface area contributed by atoms with Crippen molar-refractivity contribution >= 4 is 23.4 Å². The molecule has 28 heavy (non-hydrogen) atoms. The van der Waals surface area contributed by atoms with Gasteiger partial charge in [-0.05, 0) is 35.2 Å². The predicted molar refractivity (Wildman–Crippen MR) is 104 cm³/mol. The third-order valence-corrected chi connectivity index (χ3v) is 4.75. The van der Waals surface area contributed by atoms with Gasteiger partial charge in [-0.25, -0.2) is 8.78 Å². The van der Waals surface area contributed by atoms with Crippen molar-refractivity contribution in [3.05, 3.63) is 59.7 Å². The summed E-state index contributed by atoms with van der Waals surface area (Å²) in [5, 5.41) is 10.7. The molecule has 0 spiro atoms. The van der Waals surface area contributed by atoms with Crippen molar-refractivity contribution in [3.63, 3.8) is 0 Å². The first-order valence-corrected chi connectivity index (χ1v) is 9.53. The Hall–Kier alpha value is -2.74. The van der Waals surface area contributed by atoms with Gasteiger partial charge in [-0.3, -0.25) is 4.79 Å². The number of nitrogens with zero attached hydrogens (tertiary/aromatic N) is 2. The number of rotatable bonds is 5. The Kier molecular flexibility index (Phi) is 5.79. The third-order valence-electron chi connectivity index (χ3n) is 3.93. The molecule has 1 heterocycles. The SMILES string of the molecule is CC(C)(C)c1ccc(-c2nnc(SCC(=O)Nc3ccc(F)c(F)c3)o2)cc1. The lowest BCUT2D eigenvalue weighted by Crippen LogP contribution is -2.14. The molecule has 1 N–H and O–H groups in total. The second kappa shape index (κ2) is 8.10. The van der Waals surface area contributed by atoms with Crippen molar-refractivity contribution in [1.29, 1.82) is 0 Å². The number of aromatic nitrogens is 2. The maximum atomic E-state index is 13.2. The van der Waals surface area contributed by atoms with Crippen molar-refractivity contribution in [2.45, 2.75) is 31.4 Å². The molecule has 0 atom stereocenters. The summed E-state index contributed by atoms with van der Waals surface area (Å²) in [7, 11) is 0. The molecule has 5 nitrogen and oxygen atoms in total. The second-order valence-corrected chi connectivity index (χ2v) is 8.09. The molecule has 0 aliphatic rings. The van der Waals surface area contributed by atoms with E-state index in [0.29, 0.717) is 5.89 Å². The maximum absolute atomic E-state index is 13.2. The van der Waals surface area contributed by atoms with Crippen LogP contribution in [0.1, 0.15) is 26.3 Å². The van der Waals surface area contributed by atoms with Gasteiger partial charge in [-0.15, -0.1) is 10.2 Å². The van der Waals surface area contributed by atoms with Gasteiger partial charge in [-0.1, -0.05) is 44.7 Å². The van der Waals surface area contributed by atoms with E-state index < -0.39 is 17.5 Å². The largest absolute Gasteiger partial charge is 0.411 e. The lowest BCUT2D eigenvalue weighted by atomic mass is 9.87. The summed E-state index contributed by atoms with van der Waals surface area (Å²) >= 11 is 1.06. The number of amides is 1. The Labute approximate surface area is 165 Å². The van der Waals surface area contributed by atoms with Crippen LogP contribution in [-0.4, -0.2) is 21.9 Å². The molecule has 2 aromatic carbocycles. The van der Waals surface area contributed by atoms with E-state index in [9.17, 15) is 13.6 Å². The van der Waals surface area contributed by atoms with Crippen LogP contribution in [0.2, 0.25) is 0 Å². The van der Waals surface area contributed by atoms with E-state index in [-0.39, 0.29) is 22.1 Å². The second-order valence-electron chi connectivity index (χ2n) is 7.17. The smallest absolute Gasteiger partial charge is 0.277 e. The first-order chi connectivity index (χ1) is 13.2. The van der Waals surface area contributed by atoms with Crippen LogP contribution in [0.5, 0.6) is 0 Å². The molecule has 0 fully saturated rings. The van der Waals surface area contributed by atoms with E-state index in [0.717, 1.165) is 29.5 Å². The molecule has 0 saturated heterocycles. The summed E-state index contributed by atoms with van der Waals surface area (Å²) in [6.45, 7) is 6.40. The van der Waals surface area contributed by atoms with Crippen molar-refractivity contribution in [2.75, 3.05) is 11.1 Å². The topological polar surface area (TPSA) is 68.0 Å². The number of hydrogen-bond acceptors (Lipinski definition) is 5. The van der Waals surface area contributed by atoms with Crippen LogP contribution < -0.4 is 5.32 Å². The van der Waals surface area contributed by atoms with E-state index in [1.54, 1.807) is 0 Å². The Balaban J connectivity index is 1.58. The van der Waals surface area contributed by atoms with Gasteiger partial charge in [0.2, 0.25) is 11.8 Å². The van der Waals surface area contributed by atoms with Crippen LogP contribution in [0.3, 0.4) is 0 Å². The zero-order valence-electron chi connectivity index (χ0n) is 15.6. The molecule has 0 unspecified atom stereocenters. The summed E-state index contributed by atoms with van der Waals surface area (Å²) in [6.07, 6.45) is 0. The van der Waals surface area contributed by atoms with Crippen molar-refractivity contribution in [3.8, 4) is 11.5 Å². The van der Waals surface area contributed by atoms with Gasteiger partial charge in [0.25, 0.3) is 5.22 Å². The summed E-state index contributed by atoms with van der Waals surface area (Å²) in [5.41, 5.74) is 2.21. The zero-order valence-corrected chi connectivity index (χ0v) is 16.4. The fraction of sp³-hybridized carbons (Fsp3) is 0.250. The minimum atomic E-state index is -1.02. The fourth-order valence-electron chi connectivity index (χ4n) is 2.40. The van der Waals surface area contributed by atoms with Gasteiger partial charge in [-0.2, -0.15) is 0 Å². The molecule has 0 radical (unpaired) electrons. The fourth-order valence-corrected chi connectivity index (χ4v) is 2.96. The van der Waals surface area contributed by atoms with Crippen molar-refractivity contribution in [2.24, 2.45) is 0 Å².